The number of halogens is 3. The van der Waals surface area contributed by atoms with Crippen LogP contribution in [-0.4, -0.2) is 77.0 Å². The van der Waals surface area contributed by atoms with Crippen molar-refractivity contribution in [1.82, 2.24) is 15.0 Å². The van der Waals surface area contributed by atoms with Crippen LogP contribution >= 0.6 is 0 Å². The van der Waals surface area contributed by atoms with Crippen molar-refractivity contribution >= 4 is 11.9 Å². The maximum absolute atomic E-state index is 13.2. The van der Waals surface area contributed by atoms with Crippen molar-refractivity contribution < 1.29 is 37.1 Å². The number of alkyl halides is 3. The standard InChI is InChI=1S/C17H25N3O3.C2HF3O2/c1-13-10-14(18-23-13)11-19-8-4-15-17(12-19,5-9-22-15)16(21)20-6-2-3-7-20;3-2(4,5)1(6)7/h10,15H,2-9,11-12H2,1H3;(H,6,7)/t15-,17-;/m1./s1. The SMILES string of the molecule is Cc1cc(CN2CC[C@H]3OCC[C@@]3(C(=O)N3CCCC3)C2)no1.O=C(O)C(F)(F)F. The third-order valence-corrected chi connectivity index (χ3v) is 5.82. The van der Waals surface area contributed by atoms with Gasteiger partial charge in [-0.2, -0.15) is 13.2 Å². The summed E-state index contributed by atoms with van der Waals surface area (Å²) in [4.78, 5) is 26.5. The smallest absolute Gasteiger partial charge is 0.475 e. The van der Waals surface area contributed by atoms with Gasteiger partial charge in [0.2, 0.25) is 5.91 Å². The molecule has 3 saturated heterocycles. The van der Waals surface area contributed by atoms with Gasteiger partial charge in [0.25, 0.3) is 0 Å². The molecule has 30 heavy (non-hydrogen) atoms. The van der Waals surface area contributed by atoms with E-state index < -0.39 is 12.1 Å². The quantitative estimate of drug-likeness (QED) is 0.781. The number of fused-ring (bicyclic) bond motifs is 1. The molecule has 1 aromatic rings. The summed E-state index contributed by atoms with van der Waals surface area (Å²) in [5, 5.41) is 11.2. The Kier molecular flexibility index (Phi) is 6.71. The lowest BCUT2D eigenvalue weighted by atomic mass is 9.75. The Balaban J connectivity index is 0.000000318. The van der Waals surface area contributed by atoms with Gasteiger partial charge in [-0.05, 0) is 32.6 Å². The first-order valence-corrected chi connectivity index (χ1v) is 9.97. The van der Waals surface area contributed by atoms with E-state index in [1.807, 2.05) is 13.0 Å². The van der Waals surface area contributed by atoms with Crippen LogP contribution in [0.1, 0.15) is 37.1 Å². The van der Waals surface area contributed by atoms with E-state index in [0.717, 1.165) is 69.9 Å². The highest BCUT2D eigenvalue weighted by Gasteiger charge is 2.54. The number of carboxylic acids is 1. The highest BCUT2D eigenvalue weighted by atomic mass is 19.4. The number of amides is 1. The molecule has 0 bridgehead atoms. The van der Waals surface area contributed by atoms with Crippen molar-refractivity contribution in [2.45, 2.75) is 51.4 Å². The summed E-state index contributed by atoms with van der Waals surface area (Å²) in [6.45, 7) is 6.92. The number of aromatic nitrogens is 1. The van der Waals surface area contributed by atoms with Crippen LogP contribution in [0.3, 0.4) is 0 Å². The largest absolute Gasteiger partial charge is 0.490 e. The molecule has 168 valence electrons. The zero-order valence-corrected chi connectivity index (χ0v) is 16.8. The zero-order valence-electron chi connectivity index (χ0n) is 16.8. The van der Waals surface area contributed by atoms with E-state index in [1.54, 1.807) is 0 Å². The lowest BCUT2D eigenvalue weighted by molar-refractivity contribution is -0.192. The lowest BCUT2D eigenvalue weighted by Crippen LogP contribution is -2.57. The average Bonchev–Trinajstić information content (AvgIpc) is 3.41. The van der Waals surface area contributed by atoms with Gasteiger partial charge in [0.1, 0.15) is 5.76 Å². The van der Waals surface area contributed by atoms with Gasteiger partial charge >= 0.3 is 12.1 Å². The van der Waals surface area contributed by atoms with Gasteiger partial charge in [0.05, 0.1) is 17.2 Å². The second-order valence-corrected chi connectivity index (χ2v) is 8.00. The minimum Gasteiger partial charge on any atom is -0.475 e. The molecule has 0 aliphatic carbocycles. The number of ether oxygens (including phenoxy) is 1. The van der Waals surface area contributed by atoms with Crippen LogP contribution in [-0.2, 0) is 20.9 Å². The van der Waals surface area contributed by atoms with E-state index in [2.05, 4.69) is 15.0 Å². The molecule has 3 fully saturated rings. The Morgan fingerprint density at radius 1 is 1.30 bits per heavy atom. The van der Waals surface area contributed by atoms with Crippen LogP contribution < -0.4 is 0 Å². The fourth-order valence-electron chi connectivity index (χ4n) is 4.43. The third-order valence-electron chi connectivity index (χ3n) is 5.82. The molecule has 2 atom stereocenters. The Labute approximate surface area is 171 Å². The summed E-state index contributed by atoms with van der Waals surface area (Å²) in [7, 11) is 0. The lowest BCUT2D eigenvalue weighted by Gasteiger charge is -2.43. The fraction of sp³-hybridized carbons (Fsp3) is 0.737. The number of likely N-dealkylation sites (tertiary alicyclic amines) is 2. The molecular formula is C19H26F3N3O5. The first-order valence-electron chi connectivity index (χ1n) is 9.97. The number of hydrogen-bond acceptors (Lipinski definition) is 6. The Hall–Kier alpha value is -2.14. The number of rotatable bonds is 3. The van der Waals surface area contributed by atoms with E-state index in [1.165, 1.54) is 0 Å². The highest BCUT2D eigenvalue weighted by Crippen LogP contribution is 2.43. The monoisotopic (exact) mass is 433 g/mol. The number of piperidine rings is 1. The van der Waals surface area contributed by atoms with Gasteiger partial charge < -0.3 is 19.3 Å². The number of aryl methyl sites for hydroxylation is 1. The molecule has 4 heterocycles. The first-order chi connectivity index (χ1) is 14.1. The second kappa shape index (κ2) is 8.93. The number of carboxylic acid groups (broad SMARTS) is 1. The molecule has 1 aromatic heterocycles. The van der Waals surface area contributed by atoms with Gasteiger partial charge in [0.15, 0.2) is 0 Å². The molecule has 4 rings (SSSR count). The zero-order chi connectivity index (χ0) is 21.9. The minimum absolute atomic E-state index is 0.0888. The molecule has 0 spiro atoms. The maximum Gasteiger partial charge on any atom is 0.490 e. The van der Waals surface area contributed by atoms with Crippen LogP contribution in [0.25, 0.3) is 0 Å². The minimum atomic E-state index is -5.08. The van der Waals surface area contributed by atoms with Crippen LogP contribution in [0.2, 0.25) is 0 Å². The normalized spacial score (nSPS) is 26.8. The number of carbonyl (C=O) groups is 2. The van der Waals surface area contributed by atoms with Crippen LogP contribution in [0.4, 0.5) is 13.2 Å². The van der Waals surface area contributed by atoms with Crippen LogP contribution in [0.5, 0.6) is 0 Å². The van der Waals surface area contributed by atoms with Crippen molar-refractivity contribution in [3.63, 3.8) is 0 Å². The van der Waals surface area contributed by atoms with Crippen molar-refractivity contribution in [1.29, 1.82) is 0 Å². The summed E-state index contributed by atoms with van der Waals surface area (Å²) >= 11 is 0. The number of carbonyl (C=O) groups excluding carboxylic acids is 1. The number of hydrogen-bond donors (Lipinski definition) is 1. The van der Waals surface area contributed by atoms with Crippen LogP contribution in [0, 0.1) is 12.3 Å². The first kappa shape index (κ1) is 22.5. The number of nitrogens with zero attached hydrogens (tertiary/aromatic N) is 3. The highest BCUT2D eigenvalue weighted by molar-refractivity contribution is 5.84. The average molecular weight is 433 g/mol. The molecule has 0 radical (unpaired) electrons. The number of aliphatic carboxylic acids is 1. The Morgan fingerprint density at radius 3 is 2.53 bits per heavy atom. The molecule has 3 aliphatic heterocycles. The van der Waals surface area contributed by atoms with Crippen molar-refractivity contribution in [2.24, 2.45) is 5.41 Å². The molecule has 1 amide bonds. The molecular weight excluding hydrogens is 407 g/mol. The Bertz CT molecular complexity index is 763. The molecule has 0 unspecified atom stereocenters. The molecule has 0 saturated carbocycles. The van der Waals surface area contributed by atoms with Gasteiger partial charge in [-0.25, -0.2) is 4.79 Å². The van der Waals surface area contributed by atoms with E-state index in [9.17, 15) is 18.0 Å². The summed E-state index contributed by atoms with van der Waals surface area (Å²) in [5.74, 6) is -1.60. The second-order valence-electron chi connectivity index (χ2n) is 8.00. The molecule has 8 nitrogen and oxygen atoms in total. The van der Waals surface area contributed by atoms with Crippen molar-refractivity contribution in [3.8, 4) is 0 Å². The third kappa shape index (κ3) is 4.94. The van der Waals surface area contributed by atoms with E-state index in [0.29, 0.717) is 12.5 Å². The van der Waals surface area contributed by atoms with Crippen molar-refractivity contribution in [2.75, 3.05) is 32.8 Å². The molecule has 11 heteroatoms. The van der Waals surface area contributed by atoms with Gasteiger partial charge in [0, 0.05) is 45.4 Å². The summed E-state index contributed by atoms with van der Waals surface area (Å²) in [5.41, 5.74) is 0.602. The molecule has 1 N–H and O–H groups in total. The Morgan fingerprint density at radius 2 is 1.97 bits per heavy atom. The van der Waals surface area contributed by atoms with Gasteiger partial charge in [-0.15, -0.1) is 0 Å². The van der Waals surface area contributed by atoms with Gasteiger partial charge in [-0.1, -0.05) is 5.16 Å². The van der Waals surface area contributed by atoms with Crippen LogP contribution in [0.15, 0.2) is 10.6 Å². The van der Waals surface area contributed by atoms with E-state index in [-0.39, 0.29) is 11.5 Å². The maximum atomic E-state index is 13.2. The summed E-state index contributed by atoms with van der Waals surface area (Å²) < 4.78 is 42.8. The summed E-state index contributed by atoms with van der Waals surface area (Å²) in [6.07, 6.45) is -0.951. The van der Waals surface area contributed by atoms with Crippen molar-refractivity contribution in [3.05, 3.63) is 17.5 Å². The topological polar surface area (TPSA) is 96.1 Å². The molecule has 3 aliphatic rings. The predicted octanol–water partition coefficient (Wildman–Crippen LogP) is 2.22. The molecule has 0 aromatic carbocycles. The van der Waals surface area contributed by atoms with E-state index >= 15 is 0 Å². The summed E-state index contributed by atoms with van der Waals surface area (Å²) in [6, 6.07) is 1.98. The van der Waals surface area contributed by atoms with E-state index in [4.69, 9.17) is 19.2 Å². The predicted molar refractivity (Wildman–Crippen MR) is 97.4 cm³/mol. The fourth-order valence-corrected chi connectivity index (χ4v) is 4.43. The van der Waals surface area contributed by atoms with Gasteiger partial charge in [-0.3, -0.25) is 9.69 Å².